The van der Waals surface area contributed by atoms with E-state index in [1.54, 1.807) is 37.6 Å². The molecular formula is C25H30ClN3O5. The molecule has 0 spiro atoms. The number of hydrogen-bond acceptors (Lipinski definition) is 7. The highest BCUT2D eigenvalue weighted by Crippen LogP contribution is 2.29. The average Bonchev–Trinajstić information content (AvgIpc) is 3.29. The molecule has 1 unspecified atom stereocenters. The van der Waals surface area contributed by atoms with Crippen molar-refractivity contribution in [2.45, 2.75) is 18.7 Å². The van der Waals surface area contributed by atoms with Gasteiger partial charge in [-0.05, 0) is 48.0 Å². The molecule has 1 N–H and O–H groups in total. The van der Waals surface area contributed by atoms with Crippen LogP contribution in [0.15, 0.2) is 60.9 Å². The van der Waals surface area contributed by atoms with Crippen molar-refractivity contribution in [1.29, 1.82) is 0 Å². The second-order valence-electron chi connectivity index (χ2n) is 8.33. The molecule has 34 heavy (non-hydrogen) atoms. The number of aromatic nitrogens is 2. The van der Waals surface area contributed by atoms with Crippen molar-refractivity contribution in [3.63, 3.8) is 0 Å². The van der Waals surface area contributed by atoms with Gasteiger partial charge in [0.05, 0.1) is 26.9 Å². The highest BCUT2D eigenvalue weighted by Gasteiger charge is 2.33. The summed E-state index contributed by atoms with van der Waals surface area (Å²) in [5.41, 5.74) is -0.0744. The summed E-state index contributed by atoms with van der Waals surface area (Å²) in [6.45, 7) is 3.77. The van der Waals surface area contributed by atoms with E-state index in [9.17, 15) is 5.11 Å². The smallest absolute Gasteiger partial charge is 0.161 e. The van der Waals surface area contributed by atoms with E-state index in [4.69, 9.17) is 30.5 Å². The first-order valence-electron chi connectivity index (χ1n) is 11.2. The molecule has 0 bridgehead atoms. The lowest BCUT2D eigenvalue weighted by atomic mass is 10.1. The lowest BCUT2D eigenvalue weighted by Gasteiger charge is -2.30. The minimum absolute atomic E-state index is 0.123. The molecule has 1 fully saturated rings. The van der Waals surface area contributed by atoms with Gasteiger partial charge in [-0.3, -0.25) is 9.58 Å². The van der Waals surface area contributed by atoms with Crippen LogP contribution in [0.4, 0.5) is 0 Å². The van der Waals surface area contributed by atoms with Crippen molar-refractivity contribution in [1.82, 2.24) is 14.7 Å². The van der Waals surface area contributed by atoms with Gasteiger partial charge in [-0.2, -0.15) is 5.10 Å². The zero-order valence-corrected chi connectivity index (χ0v) is 20.0. The Morgan fingerprint density at radius 2 is 2.00 bits per heavy atom. The minimum atomic E-state index is -1.13. The number of ether oxygens (including phenoxy) is 4. The molecule has 0 saturated carbocycles. The third-order valence-corrected chi connectivity index (χ3v) is 5.78. The summed E-state index contributed by atoms with van der Waals surface area (Å²) in [4.78, 5) is 2.16. The number of methoxy groups -OCH3 is 1. The molecule has 1 aliphatic heterocycles. The highest BCUT2D eigenvalue weighted by molar-refractivity contribution is 6.30. The summed E-state index contributed by atoms with van der Waals surface area (Å²) in [5.74, 6) is 2.01. The molecule has 182 valence electrons. The minimum Gasteiger partial charge on any atom is -0.493 e. The van der Waals surface area contributed by atoms with Gasteiger partial charge in [0, 0.05) is 37.1 Å². The molecule has 0 amide bonds. The van der Waals surface area contributed by atoms with Gasteiger partial charge in [0.1, 0.15) is 24.6 Å². The maximum Gasteiger partial charge on any atom is 0.161 e. The first-order chi connectivity index (χ1) is 16.5. The van der Waals surface area contributed by atoms with Gasteiger partial charge < -0.3 is 24.1 Å². The molecule has 8 nitrogen and oxygen atoms in total. The summed E-state index contributed by atoms with van der Waals surface area (Å²) >= 11 is 5.93. The quantitative estimate of drug-likeness (QED) is 0.470. The fourth-order valence-corrected chi connectivity index (χ4v) is 3.96. The molecule has 1 saturated heterocycles. The SMILES string of the molecule is COc1cc(CN2CCOCC(O)(COc3ccc(Cl)cc3)C2)ccc1OCCn1cccn1. The Balaban J connectivity index is 1.34. The van der Waals surface area contributed by atoms with Crippen LogP contribution in [0.1, 0.15) is 5.56 Å². The van der Waals surface area contributed by atoms with Crippen molar-refractivity contribution in [3.05, 3.63) is 71.5 Å². The summed E-state index contributed by atoms with van der Waals surface area (Å²) in [7, 11) is 1.63. The van der Waals surface area contributed by atoms with Crippen molar-refractivity contribution >= 4 is 11.6 Å². The molecule has 0 aliphatic carbocycles. The Morgan fingerprint density at radius 1 is 1.15 bits per heavy atom. The van der Waals surface area contributed by atoms with Crippen LogP contribution in [-0.2, 0) is 17.8 Å². The van der Waals surface area contributed by atoms with Crippen LogP contribution in [0.2, 0.25) is 5.02 Å². The maximum absolute atomic E-state index is 11.2. The van der Waals surface area contributed by atoms with Crippen molar-refractivity contribution in [3.8, 4) is 17.2 Å². The summed E-state index contributed by atoms with van der Waals surface area (Å²) in [5, 5.41) is 16.0. The topological polar surface area (TPSA) is 78.2 Å². The number of rotatable bonds is 10. The second kappa shape index (κ2) is 11.6. The van der Waals surface area contributed by atoms with E-state index in [-0.39, 0.29) is 13.2 Å². The third kappa shape index (κ3) is 6.87. The van der Waals surface area contributed by atoms with Gasteiger partial charge in [-0.15, -0.1) is 0 Å². The van der Waals surface area contributed by atoms with Gasteiger partial charge in [0.15, 0.2) is 11.5 Å². The second-order valence-corrected chi connectivity index (χ2v) is 8.77. The van der Waals surface area contributed by atoms with E-state index in [1.807, 2.05) is 35.1 Å². The highest BCUT2D eigenvalue weighted by atomic mass is 35.5. The average molecular weight is 488 g/mol. The lowest BCUT2D eigenvalue weighted by Crippen LogP contribution is -2.48. The Morgan fingerprint density at radius 3 is 2.76 bits per heavy atom. The number of β-amino-alcohol motifs (C(OH)–C–C–N with tert-alkyl or cyclic N) is 1. The van der Waals surface area contributed by atoms with Crippen LogP contribution >= 0.6 is 11.6 Å². The molecule has 4 rings (SSSR count). The lowest BCUT2D eigenvalue weighted by molar-refractivity contribution is -0.0646. The Hall–Kier alpha value is -2.78. The standard InChI is InChI=1S/C25H30ClN3O5/c1-31-24-15-20(3-8-23(24)33-14-12-29-10-2-9-27-29)16-28-11-13-32-18-25(30,17-28)19-34-22-6-4-21(26)5-7-22/h2-10,15,30H,11-14,16-19H2,1H3. The molecule has 3 aromatic rings. The Labute approximate surface area is 204 Å². The fourth-order valence-electron chi connectivity index (χ4n) is 3.84. The predicted molar refractivity (Wildman–Crippen MR) is 129 cm³/mol. The van der Waals surface area contributed by atoms with Crippen LogP contribution in [0.25, 0.3) is 0 Å². The van der Waals surface area contributed by atoms with Crippen molar-refractivity contribution < 1.29 is 24.1 Å². The number of hydrogen-bond donors (Lipinski definition) is 1. The van der Waals surface area contributed by atoms with Gasteiger partial charge in [0.2, 0.25) is 0 Å². The van der Waals surface area contributed by atoms with Gasteiger partial charge in [-0.25, -0.2) is 0 Å². The largest absolute Gasteiger partial charge is 0.493 e. The fraction of sp³-hybridized carbons (Fsp3) is 0.400. The van der Waals surface area contributed by atoms with E-state index < -0.39 is 5.60 Å². The monoisotopic (exact) mass is 487 g/mol. The van der Waals surface area contributed by atoms with E-state index >= 15 is 0 Å². The molecule has 2 heterocycles. The van der Waals surface area contributed by atoms with Crippen molar-refractivity contribution in [2.75, 3.05) is 46.6 Å². The van der Waals surface area contributed by atoms with Crippen LogP contribution < -0.4 is 14.2 Å². The van der Waals surface area contributed by atoms with E-state index in [0.29, 0.717) is 61.7 Å². The zero-order valence-electron chi connectivity index (χ0n) is 19.2. The van der Waals surface area contributed by atoms with Crippen molar-refractivity contribution in [2.24, 2.45) is 0 Å². The first-order valence-corrected chi connectivity index (χ1v) is 11.6. The van der Waals surface area contributed by atoms with E-state index in [0.717, 1.165) is 5.56 Å². The number of aliphatic hydroxyl groups is 1. The summed E-state index contributed by atoms with van der Waals surface area (Å²) in [6.07, 6.45) is 3.64. The van der Waals surface area contributed by atoms with E-state index in [2.05, 4.69) is 10.00 Å². The molecule has 0 radical (unpaired) electrons. The van der Waals surface area contributed by atoms with E-state index in [1.165, 1.54) is 0 Å². The van der Waals surface area contributed by atoms with Crippen LogP contribution in [0, 0.1) is 0 Å². The van der Waals surface area contributed by atoms with Gasteiger partial charge in [-0.1, -0.05) is 17.7 Å². The van der Waals surface area contributed by atoms with Gasteiger partial charge in [0.25, 0.3) is 0 Å². The molecule has 1 atom stereocenters. The normalized spacial score (nSPS) is 18.9. The molecule has 9 heteroatoms. The van der Waals surface area contributed by atoms with Gasteiger partial charge >= 0.3 is 0 Å². The Kier molecular flexibility index (Phi) is 8.29. The van der Waals surface area contributed by atoms with Crippen LogP contribution in [0.5, 0.6) is 17.2 Å². The predicted octanol–water partition coefficient (Wildman–Crippen LogP) is 3.27. The summed E-state index contributed by atoms with van der Waals surface area (Å²) in [6, 6.07) is 14.9. The first kappa shape index (κ1) is 24.3. The summed E-state index contributed by atoms with van der Waals surface area (Å²) < 4.78 is 24.8. The maximum atomic E-state index is 11.2. The number of nitrogens with zero attached hydrogens (tertiary/aromatic N) is 3. The third-order valence-electron chi connectivity index (χ3n) is 5.53. The van der Waals surface area contributed by atoms with Crippen LogP contribution in [0.3, 0.4) is 0 Å². The molecule has 1 aromatic heterocycles. The molecule has 2 aromatic carbocycles. The Bertz CT molecular complexity index is 1030. The van der Waals surface area contributed by atoms with Crippen LogP contribution in [-0.4, -0.2) is 72.0 Å². The molecule has 1 aliphatic rings. The zero-order chi connectivity index (χ0) is 23.8. The number of benzene rings is 2. The number of halogens is 1. The molecular weight excluding hydrogens is 458 g/mol.